The van der Waals surface area contributed by atoms with Crippen LogP contribution < -0.4 is 14.5 Å². The van der Waals surface area contributed by atoms with Crippen LogP contribution in [0.4, 0.5) is 11.8 Å². The van der Waals surface area contributed by atoms with Crippen LogP contribution in [-0.2, 0) is 0 Å². The summed E-state index contributed by atoms with van der Waals surface area (Å²) >= 11 is 0. The van der Waals surface area contributed by atoms with Crippen molar-refractivity contribution in [1.82, 2.24) is 19.9 Å². The smallest absolute Gasteiger partial charge is 0.234 e. The molecule has 0 aromatic carbocycles. The fourth-order valence-electron chi connectivity index (χ4n) is 2.86. The molecular formula is C18H26N6O2. The van der Waals surface area contributed by atoms with E-state index < -0.39 is 0 Å². The van der Waals surface area contributed by atoms with E-state index in [1.807, 2.05) is 6.92 Å². The van der Waals surface area contributed by atoms with Crippen LogP contribution in [0.15, 0.2) is 18.5 Å². The second-order valence-corrected chi connectivity index (χ2v) is 6.65. The molecule has 0 unspecified atom stereocenters. The number of rotatable bonds is 6. The van der Waals surface area contributed by atoms with E-state index in [0.717, 1.165) is 49.3 Å². The first-order valence-corrected chi connectivity index (χ1v) is 8.98. The number of aliphatic hydroxyl groups is 1. The van der Waals surface area contributed by atoms with E-state index >= 15 is 0 Å². The summed E-state index contributed by atoms with van der Waals surface area (Å²) in [6.07, 6.45) is 3.30. The van der Waals surface area contributed by atoms with Crippen LogP contribution in [-0.4, -0.2) is 64.4 Å². The molecule has 3 heterocycles. The van der Waals surface area contributed by atoms with Gasteiger partial charge >= 0.3 is 0 Å². The number of nitrogens with zero attached hydrogens (tertiary/aromatic N) is 6. The zero-order valence-electron chi connectivity index (χ0n) is 15.6. The fraction of sp³-hybridized carbons (Fsp3) is 0.556. The topological polar surface area (TPSA) is 87.5 Å². The predicted octanol–water partition coefficient (Wildman–Crippen LogP) is 1.40. The van der Waals surface area contributed by atoms with Gasteiger partial charge in [-0.1, -0.05) is 13.8 Å². The molecule has 0 saturated carbocycles. The summed E-state index contributed by atoms with van der Waals surface area (Å²) in [5.41, 5.74) is 2.08. The van der Waals surface area contributed by atoms with Gasteiger partial charge in [0.05, 0.1) is 19.0 Å². The SMILES string of the molecule is Cc1cc(C(C)C)nc(N2CCN(c3cncc(OCCO)n3)CC2)n1. The lowest BCUT2D eigenvalue weighted by molar-refractivity contribution is 0.196. The Labute approximate surface area is 153 Å². The van der Waals surface area contributed by atoms with Crippen molar-refractivity contribution >= 4 is 11.8 Å². The zero-order chi connectivity index (χ0) is 18.5. The minimum Gasteiger partial charge on any atom is -0.474 e. The van der Waals surface area contributed by atoms with Gasteiger partial charge in [0, 0.05) is 37.6 Å². The summed E-state index contributed by atoms with van der Waals surface area (Å²) in [5.74, 6) is 2.41. The molecule has 140 valence electrons. The van der Waals surface area contributed by atoms with Gasteiger partial charge in [0.15, 0.2) is 5.82 Å². The monoisotopic (exact) mass is 358 g/mol. The quantitative estimate of drug-likeness (QED) is 0.829. The molecule has 1 saturated heterocycles. The van der Waals surface area contributed by atoms with Gasteiger partial charge in [-0.2, -0.15) is 4.98 Å². The Kier molecular flexibility index (Phi) is 5.82. The molecule has 1 fully saturated rings. The van der Waals surface area contributed by atoms with Gasteiger partial charge in [0.1, 0.15) is 6.61 Å². The molecule has 0 aliphatic carbocycles. The van der Waals surface area contributed by atoms with Gasteiger partial charge in [-0.3, -0.25) is 4.98 Å². The number of hydrogen-bond donors (Lipinski definition) is 1. The molecule has 26 heavy (non-hydrogen) atoms. The van der Waals surface area contributed by atoms with Gasteiger partial charge in [0.25, 0.3) is 0 Å². The molecule has 0 atom stereocenters. The van der Waals surface area contributed by atoms with Crippen LogP contribution in [0, 0.1) is 6.92 Å². The summed E-state index contributed by atoms with van der Waals surface area (Å²) in [6.45, 7) is 9.75. The van der Waals surface area contributed by atoms with E-state index in [2.05, 4.69) is 44.7 Å². The lowest BCUT2D eigenvalue weighted by Gasteiger charge is -2.35. The Morgan fingerprint density at radius 2 is 1.81 bits per heavy atom. The average Bonchev–Trinajstić information content (AvgIpc) is 2.66. The van der Waals surface area contributed by atoms with E-state index in [1.54, 1.807) is 12.4 Å². The highest BCUT2D eigenvalue weighted by atomic mass is 16.5. The van der Waals surface area contributed by atoms with Crippen LogP contribution in [0.1, 0.15) is 31.2 Å². The third-order valence-corrected chi connectivity index (χ3v) is 4.28. The summed E-state index contributed by atoms with van der Waals surface area (Å²) < 4.78 is 5.35. The highest BCUT2D eigenvalue weighted by Gasteiger charge is 2.21. The molecule has 3 rings (SSSR count). The van der Waals surface area contributed by atoms with Crippen LogP contribution >= 0.6 is 0 Å². The minimum absolute atomic E-state index is 0.0422. The molecule has 2 aromatic rings. The molecule has 0 radical (unpaired) electrons. The first-order valence-electron chi connectivity index (χ1n) is 8.98. The van der Waals surface area contributed by atoms with E-state index in [1.165, 1.54) is 0 Å². The summed E-state index contributed by atoms with van der Waals surface area (Å²) in [5, 5.41) is 8.86. The van der Waals surface area contributed by atoms with E-state index in [-0.39, 0.29) is 13.2 Å². The predicted molar refractivity (Wildman–Crippen MR) is 99.9 cm³/mol. The Morgan fingerprint density at radius 1 is 1.08 bits per heavy atom. The maximum absolute atomic E-state index is 8.86. The number of piperazine rings is 1. The Bertz CT molecular complexity index is 731. The van der Waals surface area contributed by atoms with E-state index in [9.17, 15) is 0 Å². The number of ether oxygens (including phenoxy) is 1. The van der Waals surface area contributed by atoms with Crippen molar-refractivity contribution in [3.63, 3.8) is 0 Å². The third kappa shape index (κ3) is 4.37. The molecule has 0 spiro atoms. The summed E-state index contributed by atoms with van der Waals surface area (Å²) in [6, 6.07) is 2.05. The molecule has 1 aliphatic heterocycles. The lowest BCUT2D eigenvalue weighted by atomic mass is 10.1. The Hall–Kier alpha value is -2.48. The second-order valence-electron chi connectivity index (χ2n) is 6.65. The maximum Gasteiger partial charge on any atom is 0.234 e. The average molecular weight is 358 g/mol. The number of anilines is 2. The summed E-state index contributed by atoms with van der Waals surface area (Å²) in [7, 11) is 0. The number of aromatic nitrogens is 4. The minimum atomic E-state index is -0.0422. The van der Waals surface area contributed by atoms with Gasteiger partial charge < -0.3 is 19.6 Å². The molecular weight excluding hydrogens is 332 g/mol. The third-order valence-electron chi connectivity index (χ3n) is 4.28. The molecule has 1 aliphatic rings. The van der Waals surface area contributed by atoms with Crippen molar-refractivity contribution in [3.8, 4) is 5.88 Å². The van der Waals surface area contributed by atoms with Crippen molar-refractivity contribution in [2.24, 2.45) is 0 Å². The number of hydrogen-bond acceptors (Lipinski definition) is 8. The molecule has 8 heteroatoms. The molecule has 0 amide bonds. The van der Waals surface area contributed by atoms with E-state index in [4.69, 9.17) is 14.8 Å². The number of aryl methyl sites for hydroxylation is 1. The maximum atomic E-state index is 8.86. The van der Waals surface area contributed by atoms with Crippen LogP contribution in [0.2, 0.25) is 0 Å². The first-order chi connectivity index (χ1) is 12.6. The first kappa shape index (κ1) is 18.3. The van der Waals surface area contributed by atoms with Crippen molar-refractivity contribution in [2.75, 3.05) is 49.2 Å². The lowest BCUT2D eigenvalue weighted by Crippen LogP contribution is -2.47. The highest BCUT2D eigenvalue weighted by Crippen LogP contribution is 2.20. The largest absolute Gasteiger partial charge is 0.474 e. The van der Waals surface area contributed by atoms with E-state index in [0.29, 0.717) is 11.8 Å². The zero-order valence-corrected chi connectivity index (χ0v) is 15.6. The standard InChI is InChI=1S/C18H26N6O2/c1-13(2)15-10-14(3)20-18(21-15)24-6-4-23(5-7-24)16-11-19-12-17(22-16)26-9-8-25/h10-13,25H,4-9H2,1-3H3. The van der Waals surface area contributed by atoms with Crippen molar-refractivity contribution in [3.05, 3.63) is 29.8 Å². The van der Waals surface area contributed by atoms with Crippen molar-refractivity contribution < 1.29 is 9.84 Å². The van der Waals surface area contributed by atoms with Gasteiger partial charge in [-0.25, -0.2) is 9.97 Å². The van der Waals surface area contributed by atoms with Gasteiger partial charge in [-0.05, 0) is 18.9 Å². The van der Waals surface area contributed by atoms with Crippen LogP contribution in [0.3, 0.4) is 0 Å². The molecule has 8 nitrogen and oxygen atoms in total. The Morgan fingerprint density at radius 3 is 2.50 bits per heavy atom. The Balaban J connectivity index is 1.66. The number of aliphatic hydroxyl groups excluding tert-OH is 1. The normalized spacial score (nSPS) is 14.8. The van der Waals surface area contributed by atoms with Gasteiger partial charge in [0.2, 0.25) is 11.8 Å². The van der Waals surface area contributed by atoms with Crippen LogP contribution in [0.5, 0.6) is 5.88 Å². The highest BCUT2D eigenvalue weighted by molar-refractivity contribution is 5.42. The molecule has 2 aromatic heterocycles. The summed E-state index contributed by atoms with van der Waals surface area (Å²) in [4.78, 5) is 22.4. The second kappa shape index (κ2) is 8.27. The van der Waals surface area contributed by atoms with Crippen molar-refractivity contribution in [1.29, 1.82) is 0 Å². The molecule has 0 bridgehead atoms. The van der Waals surface area contributed by atoms with Crippen LogP contribution in [0.25, 0.3) is 0 Å². The van der Waals surface area contributed by atoms with Gasteiger partial charge in [-0.15, -0.1) is 0 Å². The van der Waals surface area contributed by atoms with Crippen molar-refractivity contribution in [2.45, 2.75) is 26.7 Å². The molecule has 1 N–H and O–H groups in total. The fourth-order valence-corrected chi connectivity index (χ4v) is 2.86.